The molecule has 0 aromatic carbocycles. The average Bonchev–Trinajstić information content (AvgIpc) is 2.96. The Balaban J connectivity index is 1.73. The second-order valence-corrected chi connectivity index (χ2v) is 6.32. The molecule has 120 valence electrons. The fourth-order valence-corrected chi connectivity index (χ4v) is 2.22. The Bertz CT molecular complexity index is 529. The minimum absolute atomic E-state index is 0.408. The molecule has 1 aromatic heterocycles. The van der Waals surface area contributed by atoms with Gasteiger partial charge in [0, 0.05) is 30.8 Å². The van der Waals surface area contributed by atoms with E-state index < -0.39 is 11.7 Å². The van der Waals surface area contributed by atoms with Crippen LogP contribution in [0.2, 0.25) is 0 Å². The molecule has 1 aliphatic carbocycles. The number of ether oxygens (including phenoxy) is 1. The van der Waals surface area contributed by atoms with Gasteiger partial charge in [-0.15, -0.1) is 0 Å². The summed E-state index contributed by atoms with van der Waals surface area (Å²) >= 11 is 0. The van der Waals surface area contributed by atoms with Gasteiger partial charge in [0.2, 0.25) is 0 Å². The molecule has 0 atom stereocenters. The highest BCUT2D eigenvalue weighted by Gasteiger charge is 2.16. The van der Waals surface area contributed by atoms with E-state index in [0.29, 0.717) is 19.0 Å². The molecule has 0 radical (unpaired) electrons. The lowest BCUT2D eigenvalue weighted by Crippen LogP contribution is -2.35. The number of alkyl carbamates (subject to hydrolysis) is 1. The van der Waals surface area contributed by atoms with Gasteiger partial charge in [-0.25, -0.2) is 14.8 Å². The third kappa shape index (κ3) is 5.35. The molecule has 6 heteroatoms. The van der Waals surface area contributed by atoms with Gasteiger partial charge in [0.1, 0.15) is 17.7 Å². The number of allylic oxidation sites excluding steroid dienone is 2. The molecule has 1 amide bonds. The van der Waals surface area contributed by atoms with Crippen molar-refractivity contribution in [2.75, 3.05) is 18.4 Å². The van der Waals surface area contributed by atoms with Gasteiger partial charge in [-0.1, -0.05) is 12.2 Å². The largest absolute Gasteiger partial charge is 0.444 e. The first-order valence-corrected chi connectivity index (χ1v) is 7.62. The summed E-state index contributed by atoms with van der Waals surface area (Å²) in [6.07, 6.45) is 7.62. The molecule has 1 aliphatic rings. The molecule has 0 saturated heterocycles. The maximum Gasteiger partial charge on any atom is 0.407 e. The molecule has 6 nitrogen and oxygen atoms in total. The van der Waals surface area contributed by atoms with Crippen molar-refractivity contribution < 1.29 is 9.53 Å². The smallest absolute Gasteiger partial charge is 0.407 e. The topological polar surface area (TPSA) is 76.1 Å². The maximum atomic E-state index is 11.5. The van der Waals surface area contributed by atoms with Crippen LogP contribution >= 0.6 is 0 Å². The quantitative estimate of drug-likeness (QED) is 0.646. The molecular weight excluding hydrogens is 280 g/mol. The summed E-state index contributed by atoms with van der Waals surface area (Å²) in [5, 5.41) is 5.89. The van der Waals surface area contributed by atoms with Gasteiger partial charge in [0.05, 0.1) is 0 Å². The number of carbonyl (C=O) groups is 1. The van der Waals surface area contributed by atoms with Gasteiger partial charge in [0.15, 0.2) is 0 Å². The molecular formula is C16H24N4O2. The lowest BCUT2D eigenvalue weighted by atomic mass is 10.0. The number of carbonyl (C=O) groups excluding carboxylic acids is 1. The van der Waals surface area contributed by atoms with Crippen LogP contribution in [0.15, 0.2) is 24.5 Å². The number of hydrogen-bond acceptors (Lipinski definition) is 5. The lowest BCUT2D eigenvalue weighted by molar-refractivity contribution is 0.0530. The van der Waals surface area contributed by atoms with Crippen LogP contribution in [0.25, 0.3) is 0 Å². The summed E-state index contributed by atoms with van der Waals surface area (Å²) in [6.45, 7) is 6.57. The maximum absolute atomic E-state index is 11.5. The summed E-state index contributed by atoms with van der Waals surface area (Å²) in [4.78, 5) is 20.0. The molecule has 1 aromatic rings. The second-order valence-electron chi connectivity index (χ2n) is 6.32. The van der Waals surface area contributed by atoms with Crippen LogP contribution in [0.3, 0.4) is 0 Å². The molecule has 2 rings (SSSR count). The van der Waals surface area contributed by atoms with Crippen molar-refractivity contribution in [2.24, 2.45) is 0 Å². The third-order valence-corrected chi connectivity index (χ3v) is 3.21. The van der Waals surface area contributed by atoms with E-state index in [2.05, 4.69) is 32.8 Å². The number of nitrogens with zero attached hydrogens (tertiary/aromatic N) is 2. The van der Waals surface area contributed by atoms with E-state index in [4.69, 9.17) is 4.74 Å². The van der Waals surface area contributed by atoms with E-state index in [9.17, 15) is 4.79 Å². The lowest BCUT2D eigenvalue weighted by Gasteiger charge is -2.19. The van der Waals surface area contributed by atoms with Gasteiger partial charge < -0.3 is 15.4 Å². The summed E-state index contributed by atoms with van der Waals surface area (Å²) in [6, 6.07) is 1.98. The van der Waals surface area contributed by atoms with Crippen LogP contribution in [-0.2, 0) is 4.74 Å². The van der Waals surface area contributed by atoms with Crippen LogP contribution in [-0.4, -0.2) is 34.8 Å². The molecule has 1 heterocycles. The highest BCUT2D eigenvalue weighted by Crippen LogP contribution is 2.28. The van der Waals surface area contributed by atoms with Crippen molar-refractivity contribution in [1.29, 1.82) is 0 Å². The number of amides is 1. The molecule has 0 fully saturated rings. The first kappa shape index (κ1) is 16.3. The van der Waals surface area contributed by atoms with E-state index in [-0.39, 0.29) is 0 Å². The zero-order valence-corrected chi connectivity index (χ0v) is 13.4. The highest BCUT2D eigenvalue weighted by molar-refractivity contribution is 5.67. The monoisotopic (exact) mass is 304 g/mol. The first-order chi connectivity index (χ1) is 10.4. The Hall–Kier alpha value is -2.11. The van der Waals surface area contributed by atoms with E-state index >= 15 is 0 Å². The van der Waals surface area contributed by atoms with Crippen LogP contribution in [0, 0.1) is 0 Å². The molecule has 0 bridgehead atoms. The Kier molecular flexibility index (Phi) is 5.35. The highest BCUT2D eigenvalue weighted by atomic mass is 16.6. The Labute approximate surface area is 131 Å². The summed E-state index contributed by atoms with van der Waals surface area (Å²) in [5.74, 6) is 1.24. The number of rotatable bonds is 5. The van der Waals surface area contributed by atoms with Gasteiger partial charge in [-0.2, -0.15) is 0 Å². The van der Waals surface area contributed by atoms with Crippen LogP contribution in [0.5, 0.6) is 0 Å². The Morgan fingerprint density at radius 3 is 2.68 bits per heavy atom. The van der Waals surface area contributed by atoms with E-state index in [0.717, 1.165) is 24.4 Å². The van der Waals surface area contributed by atoms with Crippen LogP contribution < -0.4 is 10.6 Å². The average molecular weight is 304 g/mol. The molecule has 0 spiro atoms. The van der Waals surface area contributed by atoms with Crippen LogP contribution in [0.4, 0.5) is 10.6 Å². The third-order valence-electron chi connectivity index (χ3n) is 3.21. The fourth-order valence-electron chi connectivity index (χ4n) is 2.22. The van der Waals surface area contributed by atoms with Crippen molar-refractivity contribution in [3.05, 3.63) is 30.2 Å². The van der Waals surface area contributed by atoms with Crippen LogP contribution in [0.1, 0.15) is 45.2 Å². The van der Waals surface area contributed by atoms with Gasteiger partial charge in [-0.05, 0) is 33.6 Å². The van der Waals surface area contributed by atoms with Gasteiger partial charge in [0.25, 0.3) is 0 Å². The number of anilines is 1. The van der Waals surface area contributed by atoms with Crippen molar-refractivity contribution in [3.8, 4) is 0 Å². The second kappa shape index (κ2) is 7.24. The SMILES string of the molecule is CC(C)(C)OC(=O)NCCNc1cc(C2CC=CC2)ncn1. The molecule has 2 N–H and O–H groups in total. The molecule has 0 unspecified atom stereocenters. The standard InChI is InChI=1S/C16H24N4O2/c1-16(2,3)22-15(21)18-9-8-17-14-10-13(19-11-20-14)12-6-4-5-7-12/h4-5,10-12H,6-9H2,1-3H3,(H,18,21)(H,17,19,20). The summed E-state index contributed by atoms with van der Waals surface area (Å²) in [7, 11) is 0. The number of aromatic nitrogens is 2. The zero-order valence-electron chi connectivity index (χ0n) is 13.4. The normalized spacial score (nSPS) is 14.9. The van der Waals surface area contributed by atoms with Crippen molar-refractivity contribution in [2.45, 2.75) is 45.1 Å². The summed E-state index contributed by atoms with van der Waals surface area (Å²) in [5.41, 5.74) is 0.580. The Morgan fingerprint density at radius 1 is 1.27 bits per heavy atom. The van der Waals surface area contributed by atoms with E-state index in [1.807, 2.05) is 26.8 Å². The van der Waals surface area contributed by atoms with Gasteiger partial charge >= 0.3 is 6.09 Å². The van der Waals surface area contributed by atoms with Crippen molar-refractivity contribution in [1.82, 2.24) is 15.3 Å². The first-order valence-electron chi connectivity index (χ1n) is 7.62. The summed E-state index contributed by atoms with van der Waals surface area (Å²) < 4.78 is 5.17. The predicted octanol–water partition coefficient (Wildman–Crippen LogP) is 2.85. The number of nitrogens with one attached hydrogen (secondary N) is 2. The predicted molar refractivity (Wildman–Crippen MR) is 85.9 cm³/mol. The van der Waals surface area contributed by atoms with Crippen molar-refractivity contribution >= 4 is 11.9 Å². The minimum atomic E-state index is -0.478. The Morgan fingerprint density at radius 2 is 2.00 bits per heavy atom. The molecule has 22 heavy (non-hydrogen) atoms. The number of hydrogen-bond donors (Lipinski definition) is 2. The minimum Gasteiger partial charge on any atom is -0.444 e. The molecule has 0 saturated carbocycles. The van der Waals surface area contributed by atoms with E-state index in [1.165, 1.54) is 0 Å². The zero-order chi connectivity index (χ0) is 16.0. The van der Waals surface area contributed by atoms with Crippen molar-refractivity contribution in [3.63, 3.8) is 0 Å². The fraction of sp³-hybridized carbons (Fsp3) is 0.562. The van der Waals surface area contributed by atoms with E-state index in [1.54, 1.807) is 6.33 Å². The molecule has 0 aliphatic heterocycles. The van der Waals surface area contributed by atoms with Gasteiger partial charge in [-0.3, -0.25) is 0 Å².